The first kappa shape index (κ1) is 22.7. The molecular formula is C22H30O8. The minimum Gasteiger partial charge on any atom is -0.478 e. The molecule has 166 valence electrons. The van der Waals surface area contributed by atoms with Crippen molar-refractivity contribution >= 4 is 11.9 Å². The van der Waals surface area contributed by atoms with Crippen molar-refractivity contribution in [1.82, 2.24) is 0 Å². The molecule has 0 radical (unpaired) electrons. The van der Waals surface area contributed by atoms with E-state index < -0.39 is 11.9 Å². The second-order valence-electron chi connectivity index (χ2n) is 8.41. The summed E-state index contributed by atoms with van der Waals surface area (Å²) in [5.41, 5.74) is 0.663. The SMILES string of the molecule is CCC1(COCc2c(C(=O)O)ccc(C(=O)O)c2COCC2(CC)COC2)COC1. The van der Waals surface area contributed by atoms with Crippen LogP contribution in [0, 0.1) is 10.8 Å². The Balaban J connectivity index is 1.80. The lowest BCUT2D eigenvalue weighted by Crippen LogP contribution is -2.45. The lowest BCUT2D eigenvalue weighted by molar-refractivity contribution is -0.154. The van der Waals surface area contributed by atoms with Crippen LogP contribution in [0.25, 0.3) is 0 Å². The van der Waals surface area contributed by atoms with Crippen molar-refractivity contribution in [3.63, 3.8) is 0 Å². The number of hydrogen-bond donors (Lipinski definition) is 2. The summed E-state index contributed by atoms with van der Waals surface area (Å²) in [6, 6.07) is 2.65. The highest BCUT2D eigenvalue weighted by molar-refractivity contribution is 5.95. The van der Waals surface area contributed by atoms with Crippen molar-refractivity contribution in [2.75, 3.05) is 39.6 Å². The van der Waals surface area contributed by atoms with Crippen molar-refractivity contribution in [2.45, 2.75) is 39.9 Å². The maximum absolute atomic E-state index is 11.8. The second-order valence-corrected chi connectivity index (χ2v) is 8.41. The zero-order valence-electron chi connectivity index (χ0n) is 17.6. The monoisotopic (exact) mass is 422 g/mol. The van der Waals surface area contributed by atoms with Gasteiger partial charge < -0.3 is 29.2 Å². The van der Waals surface area contributed by atoms with Gasteiger partial charge in [0.15, 0.2) is 0 Å². The van der Waals surface area contributed by atoms with Crippen molar-refractivity contribution in [2.24, 2.45) is 10.8 Å². The first-order valence-electron chi connectivity index (χ1n) is 10.3. The number of rotatable bonds is 12. The van der Waals surface area contributed by atoms with Gasteiger partial charge in [0.25, 0.3) is 0 Å². The third kappa shape index (κ3) is 4.67. The molecule has 2 saturated heterocycles. The van der Waals surface area contributed by atoms with E-state index >= 15 is 0 Å². The van der Waals surface area contributed by atoms with Gasteiger partial charge in [0.2, 0.25) is 0 Å². The van der Waals surface area contributed by atoms with Crippen molar-refractivity contribution < 1.29 is 38.7 Å². The average Bonchev–Trinajstić information content (AvgIpc) is 2.66. The molecule has 0 spiro atoms. The van der Waals surface area contributed by atoms with Gasteiger partial charge in [0.05, 0.1) is 64.0 Å². The number of hydrogen-bond acceptors (Lipinski definition) is 6. The predicted molar refractivity (Wildman–Crippen MR) is 107 cm³/mol. The molecule has 0 saturated carbocycles. The second kappa shape index (κ2) is 9.43. The molecule has 2 N–H and O–H groups in total. The number of carboxylic acids is 2. The summed E-state index contributed by atoms with van der Waals surface area (Å²) in [6.07, 6.45) is 1.79. The van der Waals surface area contributed by atoms with Crippen LogP contribution in [0.1, 0.15) is 58.5 Å². The lowest BCUT2D eigenvalue weighted by Gasteiger charge is -2.40. The molecule has 3 rings (SSSR count). The van der Waals surface area contributed by atoms with Crippen molar-refractivity contribution in [1.29, 1.82) is 0 Å². The molecule has 2 aliphatic heterocycles. The van der Waals surface area contributed by atoms with E-state index in [1.54, 1.807) is 0 Å². The fraction of sp³-hybridized carbons (Fsp3) is 0.636. The fourth-order valence-electron chi connectivity index (χ4n) is 3.72. The van der Waals surface area contributed by atoms with E-state index in [9.17, 15) is 19.8 Å². The molecule has 1 aromatic carbocycles. The molecule has 0 aromatic heterocycles. The molecule has 30 heavy (non-hydrogen) atoms. The van der Waals surface area contributed by atoms with Crippen LogP contribution >= 0.6 is 0 Å². The van der Waals surface area contributed by atoms with Crippen LogP contribution in [-0.2, 0) is 32.2 Å². The molecule has 0 unspecified atom stereocenters. The number of ether oxygens (including phenoxy) is 4. The maximum atomic E-state index is 11.8. The lowest BCUT2D eigenvalue weighted by atomic mass is 9.84. The zero-order chi connectivity index (χ0) is 21.8. The van der Waals surface area contributed by atoms with E-state index in [2.05, 4.69) is 13.8 Å². The molecule has 0 bridgehead atoms. The van der Waals surface area contributed by atoms with Crippen LogP contribution in [0.5, 0.6) is 0 Å². The van der Waals surface area contributed by atoms with Crippen LogP contribution in [0.3, 0.4) is 0 Å². The van der Waals surface area contributed by atoms with Crippen LogP contribution < -0.4 is 0 Å². The average molecular weight is 422 g/mol. The molecule has 2 aliphatic rings. The smallest absolute Gasteiger partial charge is 0.336 e. The quantitative estimate of drug-likeness (QED) is 0.529. The Morgan fingerprint density at radius 3 is 1.43 bits per heavy atom. The van der Waals surface area contributed by atoms with Gasteiger partial charge in [-0.15, -0.1) is 0 Å². The summed E-state index contributed by atoms with van der Waals surface area (Å²) in [5.74, 6) is -2.25. The van der Waals surface area contributed by atoms with E-state index in [1.807, 2.05) is 0 Å². The van der Waals surface area contributed by atoms with Crippen LogP contribution in [0.15, 0.2) is 12.1 Å². The van der Waals surface area contributed by atoms with Gasteiger partial charge >= 0.3 is 11.9 Å². The standard InChI is InChI=1S/C22H30O8/c1-3-21(11-29-12-21)9-27-7-17-15(19(23)24)5-6-16(20(25)26)18(17)8-28-10-22(4-2)13-30-14-22/h5-6H,3-4,7-14H2,1-2H3,(H,23,24)(H,25,26). The molecule has 0 atom stereocenters. The predicted octanol–water partition coefficient (Wildman–Crippen LogP) is 2.97. The van der Waals surface area contributed by atoms with Gasteiger partial charge in [-0.1, -0.05) is 13.8 Å². The summed E-state index contributed by atoms with van der Waals surface area (Å²) < 4.78 is 22.3. The Morgan fingerprint density at radius 1 is 0.833 bits per heavy atom. The Kier molecular flexibility index (Phi) is 7.13. The van der Waals surface area contributed by atoms with Crippen LogP contribution in [0.4, 0.5) is 0 Å². The minimum absolute atomic E-state index is 0.00519. The first-order valence-corrected chi connectivity index (χ1v) is 10.3. The minimum atomic E-state index is -1.12. The summed E-state index contributed by atoms with van der Waals surface area (Å²) in [5, 5.41) is 19.3. The van der Waals surface area contributed by atoms with Gasteiger partial charge in [0, 0.05) is 10.8 Å². The highest BCUT2D eigenvalue weighted by Gasteiger charge is 2.38. The molecule has 2 fully saturated rings. The Hall–Kier alpha value is -2.00. The molecular weight excluding hydrogens is 392 g/mol. The van der Waals surface area contributed by atoms with Gasteiger partial charge in [-0.05, 0) is 36.1 Å². The number of aromatic carboxylic acids is 2. The molecule has 0 aliphatic carbocycles. The topological polar surface area (TPSA) is 112 Å². The van der Waals surface area contributed by atoms with E-state index in [0.717, 1.165) is 12.8 Å². The highest BCUT2D eigenvalue weighted by atomic mass is 16.5. The molecule has 8 heteroatoms. The van der Waals surface area contributed by atoms with Crippen LogP contribution in [-0.4, -0.2) is 61.8 Å². The summed E-state index contributed by atoms with van der Waals surface area (Å²) in [6.45, 7) is 7.44. The summed E-state index contributed by atoms with van der Waals surface area (Å²) >= 11 is 0. The van der Waals surface area contributed by atoms with Crippen molar-refractivity contribution in [3.8, 4) is 0 Å². The van der Waals surface area contributed by atoms with Crippen LogP contribution in [0.2, 0.25) is 0 Å². The van der Waals surface area contributed by atoms with E-state index in [4.69, 9.17) is 18.9 Å². The largest absolute Gasteiger partial charge is 0.478 e. The highest BCUT2D eigenvalue weighted by Crippen LogP contribution is 2.33. The zero-order valence-corrected chi connectivity index (χ0v) is 17.6. The van der Waals surface area contributed by atoms with E-state index in [-0.39, 0.29) is 35.2 Å². The van der Waals surface area contributed by atoms with E-state index in [1.165, 1.54) is 12.1 Å². The molecule has 2 heterocycles. The molecule has 0 amide bonds. The third-order valence-corrected chi connectivity index (χ3v) is 6.33. The normalized spacial score (nSPS) is 19.0. The molecule has 8 nitrogen and oxygen atoms in total. The number of carbonyl (C=O) groups is 2. The van der Waals surface area contributed by atoms with Gasteiger partial charge in [-0.25, -0.2) is 9.59 Å². The Labute approximate surface area is 176 Å². The Bertz CT molecular complexity index is 704. The van der Waals surface area contributed by atoms with Gasteiger partial charge in [-0.2, -0.15) is 0 Å². The molecule has 1 aromatic rings. The number of carboxylic acid groups (broad SMARTS) is 2. The van der Waals surface area contributed by atoms with Crippen molar-refractivity contribution in [3.05, 3.63) is 34.4 Å². The van der Waals surface area contributed by atoms with Gasteiger partial charge in [0.1, 0.15) is 0 Å². The van der Waals surface area contributed by atoms with E-state index in [0.29, 0.717) is 50.8 Å². The maximum Gasteiger partial charge on any atom is 0.336 e. The summed E-state index contributed by atoms with van der Waals surface area (Å²) in [4.78, 5) is 23.6. The Morgan fingerprint density at radius 2 is 1.20 bits per heavy atom. The first-order chi connectivity index (χ1) is 14.4. The fourth-order valence-corrected chi connectivity index (χ4v) is 3.72. The third-order valence-electron chi connectivity index (χ3n) is 6.33. The summed E-state index contributed by atoms with van der Waals surface area (Å²) in [7, 11) is 0. The van der Waals surface area contributed by atoms with Gasteiger partial charge in [-0.3, -0.25) is 0 Å². The number of benzene rings is 1.